The smallest absolute Gasteiger partial charge is 0.317 e. The monoisotopic (exact) mass is 468 g/mol. The molecule has 1 unspecified atom stereocenters. The van der Waals surface area contributed by atoms with Gasteiger partial charge in [-0.2, -0.15) is 0 Å². The van der Waals surface area contributed by atoms with Crippen LogP contribution in [0.4, 0.5) is 0 Å². The van der Waals surface area contributed by atoms with Gasteiger partial charge in [-0.15, -0.1) is 0 Å². The largest absolute Gasteiger partial charge is 0.329 e. The molecule has 3 fully saturated rings. The zero-order valence-electron chi connectivity index (χ0n) is 20.3. The van der Waals surface area contributed by atoms with Crippen LogP contribution in [-0.4, -0.2) is 76.1 Å². The number of imidazole rings is 1. The standard InChI is InChI=1S/C25H36N6O3/c1-26-18-4-6-19(7-5-18)30-13-11-29(12-14-30)16-17-3-8-20-22(15-17)28(2)25(34)31(20)21-9-10-23(32)27-24(21)33/h3,8,15,18-19,21,26H,4-7,9-14,16H2,1-2H3,(H,27,32,33). The summed E-state index contributed by atoms with van der Waals surface area (Å²) >= 11 is 0. The van der Waals surface area contributed by atoms with Gasteiger partial charge in [0.1, 0.15) is 6.04 Å². The van der Waals surface area contributed by atoms with Gasteiger partial charge in [-0.25, -0.2) is 4.79 Å². The van der Waals surface area contributed by atoms with Crippen LogP contribution in [0.5, 0.6) is 0 Å². The molecule has 34 heavy (non-hydrogen) atoms. The summed E-state index contributed by atoms with van der Waals surface area (Å²) in [5.74, 6) is -0.671. The molecule has 1 atom stereocenters. The first kappa shape index (κ1) is 23.3. The fourth-order valence-corrected chi connectivity index (χ4v) is 6.01. The predicted molar refractivity (Wildman–Crippen MR) is 131 cm³/mol. The Morgan fingerprint density at radius 2 is 1.71 bits per heavy atom. The van der Waals surface area contributed by atoms with Gasteiger partial charge >= 0.3 is 5.69 Å². The van der Waals surface area contributed by atoms with Crippen LogP contribution in [-0.2, 0) is 23.2 Å². The number of piperazine rings is 1. The molecule has 9 heteroatoms. The Morgan fingerprint density at radius 1 is 0.971 bits per heavy atom. The summed E-state index contributed by atoms with van der Waals surface area (Å²) < 4.78 is 3.16. The average molecular weight is 469 g/mol. The number of piperidine rings is 1. The highest BCUT2D eigenvalue weighted by atomic mass is 16.2. The zero-order chi connectivity index (χ0) is 23.8. The average Bonchev–Trinajstić information content (AvgIpc) is 3.09. The van der Waals surface area contributed by atoms with E-state index in [2.05, 4.69) is 39.6 Å². The predicted octanol–water partition coefficient (Wildman–Crippen LogP) is 0.966. The Bertz CT molecular complexity index is 1120. The third-order valence-electron chi connectivity index (χ3n) is 8.11. The third kappa shape index (κ3) is 4.44. The Morgan fingerprint density at radius 3 is 2.38 bits per heavy atom. The van der Waals surface area contributed by atoms with Gasteiger partial charge in [-0.3, -0.25) is 33.8 Å². The first-order chi connectivity index (χ1) is 16.4. The van der Waals surface area contributed by atoms with Crippen molar-refractivity contribution in [2.45, 2.75) is 63.2 Å². The highest BCUT2D eigenvalue weighted by molar-refractivity contribution is 6.00. The van der Waals surface area contributed by atoms with Crippen LogP contribution in [0.15, 0.2) is 23.0 Å². The first-order valence-corrected chi connectivity index (χ1v) is 12.6. The lowest BCUT2D eigenvalue weighted by Gasteiger charge is -2.42. The third-order valence-corrected chi connectivity index (χ3v) is 8.11. The highest BCUT2D eigenvalue weighted by Crippen LogP contribution is 2.26. The number of imide groups is 1. The molecule has 5 rings (SSSR count). The molecule has 1 aromatic carbocycles. The molecule has 9 nitrogen and oxygen atoms in total. The van der Waals surface area contributed by atoms with Crippen LogP contribution < -0.4 is 16.3 Å². The van der Waals surface area contributed by atoms with Gasteiger partial charge in [-0.1, -0.05) is 6.07 Å². The number of nitrogens with zero attached hydrogens (tertiary/aromatic N) is 4. The van der Waals surface area contributed by atoms with E-state index in [9.17, 15) is 14.4 Å². The minimum atomic E-state index is -0.643. The van der Waals surface area contributed by atoms with Crippen LogP contribution >= 0.6 is 0 Å². The Hall–Kier alpha value is -2.49. The fraction of sp³-hybridized carbons (Fsp3) is 0.640. The van der Waals surface area contributed by atoms with Gasteiger partial charge in [0, 0.05) is 58.3 Å². The van der Waals surface area contributed by atoms with Crippen LogP contribution in [0, 0.1) is 0 Å². The highest BCUT2D eigenvalue weighted by Gasteiger charge is 2.31. The van der Waals surface area contributed by atoms with Crippen molar-refractivity contribution in [3.05, 3.63) is 34.2 Å². The second-order valence-corrected chi connectivity index (χ2v) is 10.1. The molecular formula is C25H36N6O3. The van der Waals surface area contributed by atoms with Gasteiger partial charge in [0.15, 0.2) is 0 Å². The van der Waals surface area contributed by atoms with E-state index in [1.54, 1.807) is 16.2 Å². The van der Waals surface area contributed by atoms with Crippen LogP contribution in [0.25, 0.3) is 11.0 Å². The summed E-state index contributed by atoms with van der Waals surface area (Å²) in [6.07, 6.45) is 5.74. The van der Waals surface area contributed by atoms with E-state index in [-0.39, 0.29) is 18.0 Å². The quantitative estimate of drug-likeness (QED) is 0.636. The van der Waals surface area contributed by atoms with Crippen LogP contribution in [0.3, 0.4) is 0 Å². The van der Waals surface area contributed by atoms with Crippen molar-refractivity contribution in [3.63, 3.8) is 0 Å². The van der Waals surface area contributed by atoms with E-state index in [4.69, 9.17) is 0 Å². The summed E-state index contributed by atoms with van der Waals surface area (Å²) in [5.41, 5.74) is 2.52. The minimum absolute atomic E-state index is 0.219. The van der Waals surface area contributed by atoms with E-state index < -0.39 is 11.9 Å². The number of hydrogen-bond donors (Lipinski definition) is 2. The van der Waals surface area contributed by atoms with Gasteiger partial charge in [0.25, 0.3) is 0 Å². The van der Waals surface area contributed by atoms with Crippen LogP contribution in [0.1, 0.15) is 50.1 Å². The summed E-state index contributed by atoms with van der Waals surface area (Å²) in [7, 11) is 3.82. The Balaban J connectivity index is 1.25. The summed E-state index contributed by atoms with van der Waals surface area (Å²) in [5, 5.41) is 5.79. The van der Waals surface area contributed by atoms with E-state index in [1.807, 2.05) is 6.07 Å². The van der Waals surface area contributed by atoms with Crippen molar-refractivity contribution in [2.75, 3.05) is 33.2 Å². The molecule has 2 saturated heterocycles. The summed E-state index contributed by atoms with van der Waals surface area (Å²) in [6, 6.07) is 6.86. The molecule has 0 radical (unpaired) electrons. The molecule has 0 bridgehead atoms. The second-order valence-electron chi connectivity index (χ2n) is 10.1. The number of hydrogen-bond acceptors (Lipinski definition) is 6. The van der Waals surface area contributed by atoms with Crippen molar-refractivity contribution >= 4 is 22.8 Å². The number of rotatable bonds is 5. The molecular weight excluding hydrogens is 432 g/mol. The normalized spacial score (nSPS) is 27.3. The molecule has 2 N–H and O–H groups in total. The van der Waals surface area contributed by atoms with Gasteiger partial charge in [-0.05, 0) is 56.8 Å². The number of aryl methyl sites for hydroxylation is 1. The van der Waals surface area contributed by atoms with E-state index in [0.29, 0.717) is 12.5 Å². The summed E-state index contributed by atoms with van der Waals surface area (Å²) in [6.45, 7) is 5.19. The molecule has 3 heterocycles. The van der Waals surface area contributed by atoms with Crippen molar-refractivity contribution in [3.8, 4) is 0 Å². The fourth-order valence-electron chi connectivity index (χ4n) is 6.01. The molecule has 0 spiro atoms. The van der Waals surface area contributed by atoms with Crippen molar-refractivity contribution in [1.82, 2.24) is 29.6 Å². The Kier molecular flexibility index (Phi) is 6.59. The minimum Gasteiger partial charge on any atom is -0.317 e. The van der Waals surface area contributed by atoms with E-state index in [0.717, 1.165) is 49.8 Å². The maximum atomic E-state index is 13.0. The molecule has 1 aromatic heterocycles. The number of carbonyl (C=O) groups is 2. The van der Waals surface area contributed by atoms with Crippen molar-refractivity contribution in [2.24, 2.45) is 7.05 Å². The number of nitrogens with one attached hydrogen (secondary N) is 2. The molecule has 1 aliphatic carbocycles. The maximum absolute atomic E-state index is 13.0. The lowest BCUT2D eigenvalue weighted by Crippen LogP contribution is -2.51. The number of aromatic nitrogens is 2. The van der Waals surface area contributed by atoms with Gasteiger partial charge in [0.05, 0.1) is 11.0 Å². The summed E-state index contributed by atoms with van der Waals surface area (Å²) in [4.78, 5) is 42.1. The molecule has 184 valence electrons. The molecule has 3 aliphatic rings. The topological polar surface area (TPSA) is 91.6 Å². The van der Waals surface area contributed by atoms with Crippen molar-refractivity contribution in [1.29, 1.82) is 0 Å². The number of amides is 2. The number of fused-ring (bicyclic) bond motifs is 1. The zero-order valence-corrected chi connectivity index (χ0v) is 20.3. The molecule has 2 amide bonds. The first-order valence-electron chi connectivity index (χ1n) is 12.6. The van der Waals surface area contributed by atoms with E-state index >= 15 is 0 Å². The lowest BCUT2D eigenvalue weighted by molar-refractivity contribution is -0.135. The lowest BCUT2D eigenvalue weighted by atomic mass is 9.90. The van der Waals surface area contributed by atoms with Crippen LogP contribution in [0.2, 0.25) is 0 Å². The van der Waals surface area contributed by atoms with Crippen molar-refractivity contribution < 1.29 is 9.59 Å². The van der Waals surface area contributed by atoms with E-state index in [1.165, 1.54) is 31.2 Å². The SMILES string of the molecule is CNC1CCC(N2CCN(Cc3ccc4c(c3)n(C)c(=O)n4C3CCC(=O)NC3=O)CC2)CC1. The Labute approximate surface area is 200 Å². The molecule has 2 aromatic rings. The number of carbonyl (C=O) groups excluding carboxylic acids is 2. The second kappa shape index (κ2) is 9.64. The maximum Gasteiger partial charge on any atom is 0.329 e. The van der Waals surface area contributed by atoms with Gasteiger partial charge < -0.3 is 5.32 Å². The molecule has 1 saturated carbocycles. The number of benzene rings is 1. The molecule has 2 aliphatic heterocycles. The van der Waals surface area contributed by atoms with Gasteiger partial charge in [0.2, 0.25) is 11.8 Å².